The number of nitrogens with one attached hydrogen (secondary N) is 2. The molecule has 1 fully saturated rings. The third-order valence-corrected chi connectivity index (χ3v) is 4.40. The zero-order valence-corrected chi connectivity index (χ0v) is 19.1. The second-order valence-corrected chi connectivity index (χ2v) is 7.00. The summed E-state index contributed by atoms with van der Waals surface area (Å²) in [5, 5.41) is 6.51. The Morgan fingerprint density at radius 3 is 2.33 bits per heavy atom. The Balaban J connectivity index is 0.00000676. The summed E-state index contributed by atoms with van der Waals surface area (Å²) in [6.07, 6.45) is 2.85. The van der Waals surface area contributed by atoms with E-state index in [-0.39, 0.29) is 24.0 Å². The number of alkyl halides is 3. The summed E-state index contributed by atoms with van der Waals surface area (Å²) in [6, 6.07) is 0. The molecule has 27 heavy (non-hydrogen) atoms. The molecule has 0 unspecified atom stereocenters. The molecule has 162 valence electrons. The molecule has 0 saturated carbocycles. The molecule has 0 spiro atoms. The molecule has 1 aliphatic heterocycles. The van der Waals surface area contributed by atoms with Gasteiger partial charge in [-0.05, 0) is 65.8 Å². The van der Waals surface area contributed by atoms with Crippen molar-refractivity contribution in [2.45, 2.75) is 51.6 Å². The minimum Gasteiger partial charge on any atom is -0.357 e. The predicted octanol–water partition coefficient (Wildman–Crippen LogP) is 3.31. The van der Waals surface area contributed by atoms with Gasteiger partial charge in [0.05, 0.1) is 6.54 Å². The van der Waals surface area contributed by atoms with Crippen LogP contribution in [0, 0.1) is 0 Å². The van der Waals surface area contributed by atoms with Gasteiger partial charge in [-0.3, -0.25) is 9.89 Å². The van der Waals surface area contributed by atoms with Crippen LogP contribution in [0.3, 0.4) is 0 Å². The Morgan fingerprint density at radius 1 is 1.07 bits per heavy atom. The molecule has 1 heterocycles. The van der Waals surface area contributed by atoms with E-state index in [4.69, 9.17) is 0 Å². The maximum absolute atomic E-state index is 12.3. The lowest BCUT2D eigenvalue weighted by molar-refractivity contribution is -0.143. The molecule has 9 heteroatoms. The first-order valence-corrected chi connectivity index (χ1v) is 9.90. The van der Waals surface area contributed by atoms with Crippen molar-refractivity contribution in [2.24, 2.45) is 4.99 Å². The van der Waals surface area contributed by atoms with Crippen molar-refractivity contribution in [1.82, 2.24) is 20.4 Å². The van der Waals surface area contributed by atoms with Crippen LogP contribution in [0.25, 0.3) is 0 Å². The fourth-order valence-electron chi connectivity index (χ4n) is 3.13. The van der Waals surface area contributed by atoms with Gasteiger partial charge in [-0.15, -0.1) is 24.0 Å². The molecule has 1 saturated heterocycles. The first-order chi connectivity index (χ1) is 12.4. The molecule has 0 aliphatic carbocycles. The lowest BCUT2D eigenvalue weighted by Gasteiger charge is -2.20. The van der Waals surface area contributed by atoms with Gasteiger partial charge in [0.25, 0.3) is 0 Å². The molecule has 0 aromatic heterocycles. The zero-order chi connectivity index (χ0) is 19.3. The summed E-state index contributed by atoms with van der Waals surface area (Å²) < 4.78 is 36.8. The van der Waals surface area contributed by atoms with E-state index in [2.05, 4.69) is 20.5 Å². The Morgan fingerprint density at radius 2 is 1.74 bits per heavy atom. The van der Waals surface area contributed by atoms with Crippen LogP contribution in [0.5, 0.6) is 0 Å². The normalized spacial score (nSPS) is 16.7. The minimum absolute atomic E-state index is 0. The number of halogens is 4. The third kappa shape index (κ3) is 15.3. The topological polar surface area (TPSA) is 42.9 Å². The molecular formula is C18H37F3IN5. The molecular weight excluding hydrogens is 470 g/mol. The number of hydrogen-bond acceptors (Lipinski definition) is 3. The second kappa shape index (κ2) is 15.6. The molecule has 0 bridgehead atoms. The van der Waals surface area contributed by atoms with Gasteiger partial charge in [0.2, 0.25) is 0 Å². The molecule has 0 amide bonds. The Hall–Kier alpha value is -0.290. The van der Waals surface area contributed by atoms with E-state index in [0.29, 0.717) is 19.5 Å². The van der Waals surface area contributed by atoms with E-state index in [9.17, 15) is 13.2 Å². The number of hydrogen-bond donors (Lipinski definition) is 2. The van der Waals surface area contributed by atoms with Crippen LogP contribution >= 0.6 is 24.0 Å². The van der Waals surface area contributed by atoms with Gasteiger partial charge in [0.15, 0.2) is 5.96 Å². The maximum atomic E-state index is 12.3. The SMILES string of the molecule is CCNC(=NCCCN(C)CC(F)(F)F)NCCCN1CCCCCC1.I. The maximum Gasteiger partial charge on any atom is 0.401 e. The largest absolute Gasteiger partial charge is 0.401 e. The summed E-state index contributed by atoms with van der Waals surface area (Å²) in [6.45, 7) is 7.19. The molecule has 5 nitrogen and oxygen atoms in total. The Kier molecular flexibility index (Phi) is 15.4. The van der Waals surface area contributed by atoms with Crippen LogP contribution in [0.4, 0.5) is 13.2 Å². The fourth-order valence-corrected chi connectivity index (χ4v) is 3.13. The molecule has 1 aliphatic rings. The average Bonchev–Trinajstić information content (AvgIpc) is 2.82. The number of rotatable bonds is 10. The van der Waals surface area contributed by atoms with Crippen molar-refractivity contribution in [3.8, 4) is 0 Å². The van der Waals surface area contributed by atoms with Crippen molar-refractivity contribution >= 4 is 29.9 Å². The van der Waals surface area contributed by atoms with Gasteiger partial charge in [0.1, 0.15) is 0 Å². The van der Waals surface area contributed by atoms with E-state index in [1.54, 1.807) is 0 Å². The highest BCUT2D eigenvalue weighted by Gasteiger charge is 2.28. The number of likely N-dealkylation sites (tertiary alicyclic amines) is 1. The monoisotopic (exact) mass is 507 g/mol. The van der Waals surface area contributed by atoms with E-state index in [1.807, 2.05) is 6.92 Å². The van der Waals surface area contributed by atoms with Crippen molar-refractivity contribution < 1.29 is 13.2 Å². The fraction of sp³-hybridized carbons (Fsp3) is 0.944. The summed E-state index contributed by atoms with van der Waals surface area (Å²) >= 11 is 0. The van der Waals surface area contributed by atoms with Crippen LogP contribution < -0.4 is 10.6 Å². The summed E-state index contributed by atoms with van der Waals surface area (Å²) in [4.78, 5) is 8.28. The van der Waals surface area contributed by atoms with Crippen LogP contribution in [-0.2, 0) is 0 Å². The summed E-state index contributed by atoms with van der Waals surface area (Å²) in [5.41, 5.74) is 0. The highest BCUT2D eigenvalue weighted by molar-refractivity contribution is 14.0. The van der Waals surface area contributed by atoms with Gasteiger partial charge in [0, 0.05) is 19.6 Å². The van der Waals surface area contributed by atoms with E-state index >= 15 is 0 Å². The van der Waals surface area contributed by atoms with Crippen LogP contribution in [0.1, 0.15) is 45.4 Å². The van der Waals surface area contributed by atoms with E-state index < -0.39 is 12.7 Å². The lowest BCUT2D eigenvalue weighted by atomic mass is 10.2. The summed E-state index contributed by atoms with van der Waals surface area (Å²) in [5.74, 6) is 0.752. The Bertz CT molecular complexity index is 386. The molecule has 2 N–H and O–H groups in total. The first kappa shape index (κ1) is 26.7. The molecule has 0 aromatic rings. The second-order valence-electron chi connectivity index (χ2n) is 7.00. The highest BCUT2D eigenvalue weighted by atomic mass is 127. The van der Waals surface area contributed by atoms with Gasteiger partial charge < -0.3 is 15.5 Å². The standard InChI is InChI=1S/C18H36F3N5.HI/c1-3-22-17(23-10-8-12-25(2)16-18(19,20)21)24-11-9-15-26-13-6-4-5-7-14-26;/h3-16H2,1-2H3,(H2,22,23,24);1H. The lowest BCUT2D eigenvalue weighted by Crippen LogP contribution is -2.39. The molecule has 0 radical (unpaired) electrons. The van der Waals surface area contributed by atoms with Crippen molar-refractivity contribution in [3.63, 3.8) is 0 Å². The predicted molar refractivity (Wildman–Crippen MR) is 117 cm³/mol. The van der Waals surface area contributed by atoms with Gasteiger partial charge in [-0.25, -0.2) is 0 Å². The van der Waals surface area contributed by atoms with Crippen molar-refractivity contribution in [3.05, 3.63) is 0 Å². The van der Waals surface area contributed by atoms with Crippen LogP contribution in [0.2, 0.25) is 0 Å². The van der Waals surface area contributed by atoms with E-state index in [0.717, 1.165) is 32.0 Å². The quantitative estimate of drug-likeness (QED) is 0.206. The van der Waals surface area contributed by atoms with Crippen LogP contribution in [-0.4, -0.2) is 81.3 Å². The number of nitrogens with zero attached hydrogens (tertiary/aromatic N) is 3. The number of aliphatic imine (C=N–C) groups is 1. The third-order valence-electron chi connectivity index (χ3n) is 4.40. The number of guanidine groups is 1. The van der Waals surface area contributed by atoms with Crippen molar-refractivity contribution in [2.75, 3.05) is 59.4 Å². The average molecular weight is 507 g/mol. The van der Waals surface area contributed by atoms with Crippen molar-refractivity contribution in [1.29, 1.82) is 0 Å². The van der Waals surface area contributed by atoms with Gasteiger partial charge >= 0.3 is 6.18 Å². The van der Waals surface area contributed by atoms with E-state index in [1.165, 1.54) is 50.7 Å². The highest BCUT2D eigenvalue weighted by Crippen LogP contribution is 2.15. The smallest absolute Gasteiger partial charge is 0.357 e. The van der Waals surface area contributed by atoms with Gasteiger partial charge in [-0.2, -0.15) is 13.2 Å². The Labute approximate surface area is 179 Å². The minimum atomic E-state index is -4.14. The van der Waals surface area contributed by atoms with Crippen LogP contribution in [0.15, 0.2) is 4.99 Å². The molecule has 0 aromatic carbocycles. The molecule has 0 atom stereocenters. The van der Waals surface area contributed by atoms with Gasteiger partial charge in [-0.1, -0.05) is 12.8 Å². The first-order valence-electron chi connectivity index (χ1n) is 9.90. The zero-order valence-electron chi connectivity index (χ0n) is 16.8. The summed E-state index contributed by atoms with van der Waals surface area (Å²) in [7, 11) is 1.49. The molecule has 1 rings (SSSR count).